The number of rotatable bonds is 5. The number of halogens is 2. The predicted molar refractivity (Wildman–Crippen MR) is 122 cm³/mol. The van der Waals surface area contributed by atoms with Gasteiger partial charge in [0, 0.05) is 17.8 Å². The molecule has 0 bridgehead atoms. The third kappa shape index (κ3) is 6.77. The molecule has 0 aliphatic heterocycles. The average Bonchev–Trinajstić information content (AvgIpc) is 3.36. The molecule has 0 N–H and O–H groups in total. The van der Waals surface area contributed by atoms with Crippen LogP contribution in [-0.4, -0.2) is 38.5 Å². The topological polar surface area (TPSA) is 104 Å². The van der Waals surface area contributed by atoms with E-state index in [1.54, 1.807) is 13.2 Å². The Balaban J connectivity index is 0.000000273. The van der Waals surface area contributed by atoms with Gasteiger partial charge in [0.15, 0.2) is 11.7 Å². The molecule has 36 heavy (non-hydrogen) atoms. The maximum Gasteiger partial charge on any atom is 2.00 e. The van der Waals surface area contributed by atoms with Crippen molar-refractivity contribution >= 4 is 17.6 Å². The van der Waals surface area contributed by atoms with Crippen LogP contribution in [0.15, 0.2) is 35.1 Å². The summed E-state index contributed by atoms with van der Waals surface area (Å²) in [4.78, 5) is 23.0. The quantitative estimate of drug-likeness (QED) is 0.201. The first-order chi connectivity index (χ1) is 17.0. The van der Waals surface area contributed by atoms with Crippen molar-refractivity contribution in [3.63, 3.8) is 0 Å². The number of nitrogens with zero attached hydrogens (tertiary/aromatic N) is 5. The van der Waals surface area contributed by atoms with Gasteiger partial charge in [0.05, 0.1) is 31.5 Å². The van der Waals surface area contributed by atoms with Crippen molar-refractivity contribution in [2.45, 2.75) is 26.2 Å². The van der Waals surface area contributed by atoms with E-state index >= 15 is 0 Å². The van der Waals surface area contributed by atoms with Crippen molar-refractivity contribution in [1.82, 2.24) is 25.1 Å². The normalized spacial score (nSPS) is 12.0. The summed E-state index contributed by atoms with van der Waals surface area (Å²) in [7, 11) is 1.38. The molecule has 8 nitrogen and oxygen atoms in total. The monoisotopic (exact) mass is 551 g/mol. The fourth-order valence-electron chi connectivity index (χ4n) is 2.92. The first-order valence-electron chi connectivity index (χ1n) is 10.3. The number of pyridine rings is 2. The third-order valence-corrected chi connectivity index (χ3v) is 5.34. The molecule has 4 aromatic rings. The summed E-state index contributed by atoms with van der Waals surface area (Å²) in [5.74, 6) is 7.77. The van der Waals surface area contributed by atoms with E-state index in [2.05, 4.69) is 42.5 Å². The smallest absolute Gasteiger partial charge is 0.496 e. The van der Waals surface area contributed by atoms with Crippen LogP contribution in [0.4, 0.5) is 8.78 Å². The summed E-state index contributed by atoms with van der Waals surface area (Å²) in [6, 6.07) is 2.71. The van der Waals surface area contributed by atoms with E-state index in [0.29, 0.717) is 28.8 Å². The number of hydrogen-bond donors (Lipinski definition) is 0. The zero-order valence-corrected chi connectivity index (χ0v) is 20.7. The molecule has 1 fully saturated rings. The van der Waals surface area contributed by atoms with E-state index < -0.39 is 12.1 Å². The number of hydrogen-bond acceptors (Lipinski definition) is 9. The number of aromatic nitrogens is 5. The van der Waals surface area contributed by atoms with Crippen LogP contribution < -0.4 is 4.74 Å². The summed E-state index contributed by atoms with van der Waals surface area (Å²) in [5.41, 5.74) is 3.33. The molecule has 186 valence electrons. The average molecular weight is 552 g/mol. The number of aryl methyl sites for hydroxylation is 1. The second-order valence-electron chi connectivity index (χ2n) is 7.31. The minimum atomic E-state index is -2.76. The molecule has 4 heterocycles. The molecule has 1 saturated carbocycles. The summed E-state index contributed by atoms with van der Waals surface area (Å²) in [6.07, 6.45) is 5.48. The molecule has 0 spiro atoms. The number of ether oxygens (including phenoxy) is 1. The number of oxazole rings is 1. The Kier molecular flexibility index (Phi) is 9.34. The van der Waals surface area contributed by atoms with Crippen LogP contribution >= 0.6 is 11.3 Å². The van der Waals surface area contributed by atoms with E-state index in [0.717, 1.165) is 5.01 Å². The minimum Gasteiger partial charge on any atom is -0.496 e. The fraction of sp³-hybridized carbons (Fsp3) is 0.250. The van der Waals surface area contributed by atoms with Crippen molar-refractivity contribution < 1.29 is 39.2 Å². The van der Waals surface area contributed by atoms with Gasteiger partial charge in [-0.15, -0.1) is 23.0 Å². The van der Waals surface area contributed by atoms with E-state index in [1.165, 1.54) is 62.0 Å². The summed E-state index contributed by atoms with van der Waals surface area (Å²) < 4.78 is 36.6. The first kappa shape index (κ1) is 27.0. The van der Waals surface area contributed by atoms with Crippen LogP contribution in [0.5, 0.6) is 5.75 Å². The van der Waals surface area contributed by atoms with Crippen LogP contribution in [0.1, 0.15) is 41.4 Å². The first-order valence-corrected chi connectivity index (χ1v) is 11.1. The summed E-state index contributed by atoms with van der Waals surface area (Å²) >= 11 is 1.37. The summed E-state index contributed by atoms with van der Waals surface area (Å²) in [5, 5.41) is 8.10. The molecule has 0 amide bonds. The van der Waals surface area contributed by atoms with Crippen LogP contribution in [-0.2, 0) is 21.3 Å². The third-order valence-electron chi connectivity index (χ3n) is 4.79. The van der Waals surface area contributed by atoms with Gasteiger partial charge in [-0.3, -0.25) is 10.1 Å². The maximum atomic E-state index is 13.0. The molecule has 5 rings (SSSR count). The maximum absolute atomic E-state index is 13.0. The van der Waals surface area contributed by atoms with E-state index in [1.807, 2.05) is 0 Å². The molecule has 0 saturated heterocycles. The summed E-state index contributed by atoms with van der Waals surface area (Å²) in [6.45, 7) is 1.68. The van der Waals surface area contributed by atoms with E-state index in [9.17, 15) is 13.6 Å². The van der Waals surface area contributed by atoms with Crippen LogP contribution in [0.2, 0.25) is 0 Å². The molecule has 0 unspecified atom stereocenters. The molecule has 0 aromatic carbocycles. The Morgan fingerprint density at radius 1 is 1.19 bits per heavy atom. The van der Waals surface area contributed by atoms with Gasteiger partial charge in [-0.25, -0.2) is 18.9 Å². The van der Waals surface area contributed by atoms with Gasteiger partial charge in [0.1, 0.15) is 11.4 Å². The second kappa shape index (κ2) is 12.4. The molecule has 12 heteroatoms. The van der Waals surface area contributed by atoms with Gasteiger partial charge in [-0.05, 0) is 24.5 Å². The molecule has 1 aliphatic carbocycles. The Morgan fingerprint density at radius 3 is 2.58 bits per heavy atom. The Hall–Kier alpha value is -3.55. The molecule has 0 atom stereocenters. The van der Waals surface area contributed by atoms with Gasteiger partial charge in [0.2, 0.25) is 0 Å². The Bertz CT molecular complexity index is 1380. The van der Waals surface area contributed by atoms with Gasteiger partial charge in [-0.2, -0.15) is 0 Å². The molecule has 1 aliphatic rings. The fourth-order valence-corrected chi connectivity index (χ4v) is 3.28. The Morgan fingerprint density at radius 2 is 2.00 bits per heavy atom. The van der Waals surface area contributed by atoms with Crippen molar-refractivity contribution in [3.8, 4) is 40.2 Å². The largest absolute Gasteiger partial charge is 2.00 e. The SMILES string of the molecule is C(#CC1CC1)c1nn[c-]s1.COc1cnc(C(F)F)cc1-c1cc(-c2cnc(C)o2)ncc1[C-]=O.[Ni+2]. The van der Waals surface area contributed by atoms with Gasteiger partial charge < -0.3 is 30.3 Å². The van der Waals surface area contributed by atoms with Gasteiger partial charge in [0.25, 0.3) is 6.43 Å². The van der Waals surface area contributed by atoms with E-state index in [-0.39, 0.29) is 33.4 Å². The van der Waals surface area contributed by atoms with Crippen LogP contribution in [0.3, 0.4) is 0 Å². The van der Waals surface area contributed by atoms with Gasteiger partial charge in [-0.1, -0.05) is 17.8 Å². The number of carbonyl (C=O) groups excluding carboxylic acids is 1. The number of methoxy groups -OCH3 is 1. The Labute approximate surface area is 219 Å². The van der Waals surface area contributed by atoms with Crippen molar-refractivity contribution in [1.29, 1.82) is 0 Å². The number of alkyl halides is 2. The minimum absolute atomic E-state index is 0. The van der Waals surface area contributed by atoms with Crippen molar-refractivity contribution in [3.05, 3.63) is 58.4 Å². The standard InChI is InChI=1S/C17H12F2N3O3.C7H5N2S.Ni/c1-9-20-7-16(25-9)13-3-11(10(8-23)5-21-13)12-4-14(17(18)19)22-6-15(12)24-2;1-2-6(1)3-4-7-9-8-5-10-7;/h3-7,17H,1-2H3;6H,1-2H2;/q2*-1;+2. The zero-order valence-electron chi connectivity index (χ0n) is 18.9. The van der Waals surface area contributed by atoms with Crippen LogP contribution in [0, 0.1) is 30.2 Å². The molecule has 0 radical (unpaired) electrons. The molecular weight excluding hydrogens is 535 g/mol. The van der Waals surface area contributed by atoms with Crippen LogP contribution in [0.25, 0.3) is 22.6 Å². The van der Waals surface area contributed by atoms with Gasteiger partial charge >= 0.3 is 16.5 Å². The second-order valence-corrected chi connectivity index (χ2v) is 8.09. The predicted octanol–water partition coefficient (Wildman–Crippen LogP) is 4.61. The van der Waals surface area contributed by atoms with Crippen molar-refractivity contribution in [2.75, 3.05) is 7.11 Å². The molecular formula is C24H17F2N5NiO3S. The van der Waals surface area contributed by atoms with Crippen molar-refractivity contribution in [2.24, 2.45) is 5.92 Å². The van der Waals surface area contributed by atoms with E-state index in [4.69, 9.17) is 9.15 Å². The zero-order chi connectivity index (χ0) is 24.8. The molecule has 4 aromatic heterocycles.